The van der Waals surface area contributed by atoms with E-state index in [9.17, 15) is 0 Å². The van der Waals surface area contributed by atoms with Gasteiger partial charge in [0.05, 0.1) is 0 Å². The van der Waals surface area contributed by atoms with Crippen LogP contribution in [0.5, 0.6) is 0 Å². The van der Waals surface area contributed by atoms with Crippen LogP contribution in [0.1, 0.15) is 23.5 Å². The van der Waals surface area contributed by atoms with Crippen LogP contribution in [0, 0.1) is 6.92 Å². The Morgan fingerprint density at radius 3 is 2.67 bits per heavy atom. The number of benzene rings is 2. The summed E-state index contributed by atoms with van der Waals surface area (Å²) in [6.45, 7) is 4.12. The Morgan fingerprint density at radius 2 is 1.90 bits per heavy atom. The van der Waals surface area contributed by atoms with Crippen molar-refractivity contribution >= 4 is 21.6 Å². The summed E-state index contributed by atoms with van der Waals surface area (Å²) in [5, 5.41) is 0. The molecule has 3 heteroatoms. The number of hydrogen-bond acceptors (Lipinski definition) is 2. The van der Waals surface area contributed by atoms with Gasteiger partial charge >= 0.3 is 0 Å². The van der Waals surface area contributed by atoms with E-state index in [1.807, 2.05) is 0 Å². The van der Waals surface area contributed by atoms with Crippen LogP contribution in [-0.4, -0.2) is 19.1 Å². The Balaban J connectivity index is 1.85. The first-order valence-electron chi connectivity index (χ1n) is 7.44. The van der Waals surface area contributed by atoms with Crippen molar-refractivity contribution in [2.24, 2.45) is 5.73 Å². The maximum absolute atomic E-state index is 6.31. The summed E-state index contributed by atoms with van der Waals surface area (Å²) < 4.78 is 1.12. The zero-order valence-electron chi connectivity index (χ0n) is 12.3. The van der Waals surface area contributed by atoms with Gasteiger partial charge in [0.1, 0.15) is 0 Å². The molecule has 2 aromatic rings. The molecule has 21 heavy (non-hydrogen) atoms. The van der Waals surface area contributed by atoms with E-state index < -0.39 is 0 Å². The molecule has 2 nitrogen and oxygen atoms in total. The number of piperidine rings is 1. The molecule has 1 saturated heterocycles. The molecule has 0 aromatic heterocycles. The fourth-order valence-electron chi connectivity index (χ4n) is 3.19. The lowest BCUT2D eigenvalue weighted by Gasteiger charge is -2.38. The molecule has 2 aromatic carbocycles. The van der Waals surface area contributed by atoms with Crippen molar-refractivity contribution in [3.05, 3.63) is 64.1 Å². The van der Waals surface area contributed by atoms with Crippen LogP contribution >= 0.6 is 15.9 Å². The van der Waals surface area contributed by atoms with Crippen molar-refractivity contribution in [3.8, 4) is 0 Å². The molecule has 0 spiro atoms. The molecular weight excluding hydrogens is 324 g/mol. The Labute approximate surface area is 135 Å². The molecular formula is C18H21BrN2. The van der Waals surface area contributed by atoms with Crippen molar-refractivity contribution in [1.82, 2.24) is 0 Å². The van der Waals surface area contributed by atoms with Crippen LogP contribution in [0.15, 0.2) is 53.0 Å². The first-order valence-corrected chi connectivity index (χ1v) is 8.24. The summed E-state index contributed by atoms with van der Waals surface area (Å²) in [5.74, 6) is 0.507. The van der Waals surface area contributed by atoms with Crippen molar-refractivity contribution in [3.63, 3.8) is 0 Å². The number of nitrogens with two attached hydrogens (primary N) is 1. The standard InChI is InChI=1S/C18H21BrN2/c1-13-4-2-5-14(8-13)15-9-17(20)12-21(11-15)18-7-3-6-16(19)10-18/h2-8,10,15,17H,9,11-12,20H2,1H3. The number of aryl methyl sites for hydroxylation is 1. The number of anilines is 1. The van der Waals surface area contributed by atoms with Gasteiger partial charge in [-0.15, -0.1) is 0 Å². The first-order chi connectivity index (χ1) is 10.1. The molecule has 1 aliphatic rings. The van der Waals surface area contributed by atoms with Gasteiger partial charge in [-0.25, -0.2) is 0 Å². The van der Waals surface area contributed by atoms with Gasteiger partial charge in [-0.3, -0.25) is 0 Å². The largest absolute Gasteiger partial charge is 0.369 e. The Kier molecular flexibility index (Phi) is 4.32. The smallest absolute Gasteiger partial charge is 0.0378 e. The second-order valence-electron chi connectivity index (χ2n) is 5.99. The van der Waals surface area contributed by atoms with Crippen LogP contribution in [0.3, 0.4) is 0 Å². The zero-order chi connectivity index (χ0) is 14.8. The summed E-state index contributed by atoms with van der Waals surface area (Å²) in [4.78, 5) is 2.41. The lowest BCUT2D eigenvalue weighted by atomic mass is 9.87. The average molecular weight is 345 g/mol. The quantitative estimate of drug-likeness (QED) is 0.889. The van der Waals surface area contributed by atoms with Gasteiger partial charge in [0.2, 0.25) is 0 Å². The number of rotatable bonds is 2. The summed E-state index contributed by atoms with van der Waals surface area (Å²) in [6.07, 6.45) is 1.06. The molecule has 2 N–H and O–H groups in total. The topological polar surface area (TPSA) is 29.3 Å². The lowest BCUT2D eigenvalue weighted by molar-refractivity contribution is 0.454. The van der Waals surface area contributed by atoms with E-state index in [2.05, 4.69) is 76.3 Å². The third kappa shape index (κ3) is 3.47. The Bertz CT molecular complexity index is 573. The molecule has 0 radical (unpaired) electrons. The van der Waals surface area contributed by atoms with Crippen molar-refractivity contribution in [2.45, 2.75) is 25.3 Å². The minimum atomic E-state index is 0.225. The van der Waals surface area contributed by atoms with Gasteiger partial charge in [0.15, 0.2) is 0 Å². The highest BCUT2D eigenvalue weighted by molar-refractivity contribution is 9.10. The van der Waals surface area contributed by atoms with E-state index in [0.29, 0.717) is 5.92 Å². The third-order valence-corrected chi connectivity index (χ3v) is 4.66. The van der Waals surface area contributed by atoms with Crippen molar-refractivity contribution in [1.29, 1.82) is 0 Å². The molecule has 1 fully saturated rings. The van der Waals surface area contributed by atoms with Crippen LogP contribution in [0.4, 0.5) is 5.69 Å². The van der Waals surface area contributed by atoms with Crippen LogP contribution < -0.4 is 10.6 Å². The van der Waals surface area contributed by atoms with E-state index in [1.54, 1.807) is 0 Å². The molecule has 0 aliphatic carbocycles. The van der Waals surface area contributed by atoms with Crippen molar-refractivity contribution in [2.75, 3.05) is 18.0 Å². The normalized spacial score (nSPS) is 22.3. The molecule has 0 bridgehead atoms. The average Bonchev–Trinajstić information content (AvgIpc) is 2.46. The molecule has 110 valence electrons. The van der Waals surface area contributed by atoms with Gasteiger partial charge in [0.25, 0.3) is 0 Å². The van der Waals surface area contributed by atoms with E-state index in [1.165, 1.54) is 16.8 Å². The minimum absolute atomic E-state index is 0.225. The summed E-state index contributed by atoms with van der Waals surface area (Å²) >= 11 is 3.56. The van der Waals surface area contributed by atoms with Gasteiger partial charge in [0, 0.05) is 35.2 Å². The minimum Gasteiger partial charge on any atom is -0.369 e. The predicted molar refractivity (Wildman–Crippen MR) is 92.9 cm³/mol. The molecule has 2 unspecified atom stereocenters. The van der Waals surface area contributed by atoms with Crippen LogP contribution in [-0.2, 0) is 0 Å². The fourth-order valence-corrected chi connectivity index (χ4v) is 3.57. The molecule has 0 saturated carbocycles. The molecule has 2 atom stereocenters. The van der Waals surface area contributed by atoms with E-state index in [-0.39, 0.29) is 6.04 Å². The first kappa shape index (κ1) is 14.6. The molecule has 1 aliphatic heterocycles. The number of halogens is 1. The highest BCUT2D eigenvalue weighted by atomic mass is 79.9. The van der Waals surface area contributed by atoms with E-state index in [0.717, 1.165) is 24.0 Å². The summed E-state index contributed by atoms with van der Waals surface area (Å²) in [6, 6.07) is 17.5. The van der Waals surface area contributed by atoms with Gasteiger partial charge in [-0.05, 0) is 37.1 Å². The number of hydrogen-bond donors (Lipinski definition) is 1. The maximum atomic E-state index is 6.31. The highest BCUT2D eigenvalue weighted by Crippen LogP contribution is 2.31. The SMILES string of the molecule is Cc1cccc(C2CC(N)CN(c3cccc(Br)c3)C2)c1. The zero-order valence-corrected chi connectivity index (χ0v) is 13.9. The third-order valence-electron chi connectivity index (χ3n) is 4.17. The molecule has 3 rings (SSSR count). The summed E-state index contributed by atoms with van der Waals surface area (Å²) in [5.41, 5.74) is 10.3. The van der Waals surface area contributed by atoms with Gasteiger partial charge in [-0.2, -0.15) is 0 Å². The second kappa shape index (κ2) is 6.20. The Morgan fingerprint density at radius 1 is 1.10 bits per heavy atom. The lowest BCUT2D eigenvalue weighted by Crippen LogP contribution is -2.46. The van der Waals surface area contributed by atoms with Crippen LogP contribution in [0.25, 0.3) is 0 Å². The maximum Gasteiger partial charge on any atom is 0.0378 e. The van der Waals surface area contributed by atoms with Gasteiger partial charge in [-0.1, -0.05) is 51.8 Å². The van der Waals surface area contributed by atoms with E-state index >= 15 is 0 Å². The summed E-state index contributed by atoms with van der Waals surface area (Å²) in [7, 11) is 0. The molecule has 0 amide bonds. The predicted octanol–water partition coefficient (Wildman–Crippen LogP) is 4.08. The van der Waals surface area contributed by atoms with E-state index in [4.69, 9.17) is 5.73 Å². The number of nitrogens with zero attached hydrogens (tertiary/aromatic N) is 1. The van der Waals surface area contributed by atoms with Crippen LogP contribution in [0.2, 0.25) is 0 Å². The monoisotopic (exact) mass is 344 g/mol. The van der Waals surface area contributed by atoms with Gasteiger partial charge < -0.3 is 10.6 Å². The molecule has 1 heterocycles. The second-order valence-corrected chi connectivity index (χ2v) is 6.91. The fraction of sp³-hybridized carbons (Fsp3) is 0.333. The Hall–Kier alpha value is -1.32. The highest BCUT2D eigenvalue weighted by Gasteiger charge is 2.26. The van der Waals surface area contributed by atoms with Crippen molar-refractivity contribution < 1.29 is 0 Å².